The Labute approximate surface area is 143 Å². The van der Waals surface area contributed by atoms with Gasteiger partial charge in [-0.05, 0) is 37.1 Å². The van der Waals surface area contributed by atoms with Crippen molar-refractivity contribution < 1.29 is 18.7 Å². The smallest absolute Gasteiger partial charge is 0.174 e. The highest BCUT2D eigenvalue weighted by Gasteiger charge is 2.29. The van der Waals surface area contributed by atoms with E-state index >= 15 is 0 Å². The number of carbonyl (C=O) groups is 1. The Kier molecular flexibility index (Phi) is 4.44. The Balaban J connectivity index is 1.87. The highest BCUT2D eigenvalue weighted by molar-refractivity contribution is 6.30. The third-order valence-corrected chi connectivity index (χ3v) is 4.17. The Morgan fingerprint density at radius 3 is 2.76 bits per heavy atom. The largest absolute Gasteiger partial charge is 0.511 e. The average Bonchev–Trinajstić information content (AvgIpc) is 2.53. The highest BCUT2D eigenvalue weighted by Crippen LogP contribution is 2.25. The number of nitrogens with zero attached hydrogens (tertiary/aromatic N) is 1. The fourth-order valence-corrected chi connectivity index (χ4v) is 2.90. The summed E-state index contributed by atoms with van der Waals surface area (Å²) in [6.45, 7) is 1.80. The third kappa shape index (κ3) is 3.33. The molecule has 0 unspecified atom stereocenters. The average molecular weight is 342 g/mol. The van der Waals surface area contributed by atoms with E-state index in [1.54, 1.807) is 19.1 Å². The second kappa shape index (κ2) is 6.55. The molecule has 0 spiro atoms. The Morgan fingerprint density at radius 1 is 1.28 bits per heavy atom. The molecule has 1 aliphatic carbocycles. The van der Waals surface area contributed by atoms with Crippen LogP contribution in [0.5, 0.6) is 0 Å². The minimum absolute atomic E-state index is 0.0133. The predicted molar refractivity (Wildman–Crippen MR) is 88.8 cm³/mol. The number of benzene rings is 1. The quantitative estimate of drug-likeness (QED) is 0.661. The minimum Gasteiger partial charge on any atom is -0.511 e. The lowest BCUT2D eigenvalue weighted by molar-refractivity contribution is -0.114. The summed E-state index contributed by atoms with van der Waals surface area (Å²) in [6.07, 6.45) is 0.103. The van der Waals surface area contributed by atoms with E-state index in [9.17, 15) is 18.7 Å². The molecule has 0 bridgehead atoms. The van der Waals surface area contributed by atoms with Gasteiger partial charge in [-0.15, -0.1) is 0 Å². The van der Waals surface area contributed by atoms with E-state index in [-0.39, 0.29) is 47.7 Å². The Bertz CT molecular complexity index is 920. The number of aryl methyl sites for hydroxylation is 2. The summed E-state index contributed by atoms with van der Waals surface area (Å²) in [4.78, 5) is 16.6. The van der Waals surface area contributed by atoms with Crippen LogP contribution in [0.1, 0.15) is 28.9 Å². The molecule has 128 valence electrons. The number of nitrogens with one attached hydrogen (secondary N) is 1. The zero-order valence-electron chi connectivity index (χ0n) is 13.6. The number of pyridine rings is 1. The number of hydrogen-bond donors (Lipinski definition) is 2. The van der Waals surface area contributed by atoms with Crippen LogP contribution in [0.15, 0.2) is 41.7 Å². The number of fused-ring (bicyclic) bond motifs is 1. The van der Waals surface area contributed by atoms with Crippen molar-refractivity contribution in [3.63, 3.8) is 0 Å². The van der Waals surface area contributed by atoms with Crippen molar-refractivity contribution >= 4 is 11.5 Å². The van der Waals surface area contributed by atoms with E-state index in [2.05, 4.69) is 4.98 Å². The van der Waals surface area contributed by atoms with Crippen molar-refractivity contribution in [1.29, 1.82) is 5.41 Å². The van der Waals surface area contributed by atoms with Gasteiger partial charge in [-0.3, -0.25) is 15.2 Å². The summed E-state index contributed by atoms with van der Waals surface area (Å²) in [7, 11) is 0. The van der Waals surface area contributed by atoms with Crippen molar-refractivity contribution in [2.24, 2.45) is 0 Å². The fourth-order valence-electron chi connectivity index (χ4n) is 2.90. The lowest BCUT2D eigenvalue weighted by atomic mass is 9.86. The van der Waals surface area contributed by atoms with Gasteiger partial charge < -0.3 is 5.11 Å². The summed E-state index contributed by atoms with van der Waals surface area (Å²) in [5.74, 6) is -2.02. The van der Waals surface area contributed by atoms with Crippen LogP contribution in [0.4, 0.5) is 8.78 Å². The number of rotatable bonds is 3. The van der Waals surface area contributed by atoms with Crippen LogP contribution in [0.3, 0.4) is 0 Å². The van der Waals surface area contributed by atoms with Gasteiger partial charge in [-0.2, -0.15) is 0 Å². The monoisotopic (exact) mass is 342 g/mol. The number of carbonyl (C=O) groups excluding carboxylic acids is 1. The Hall–Kier alpha value is -2.89. The number of Topliss-reactive ketones (excluding diaryl/α,β-unsaturated/α-hetero) is 1. The predicted octanol–water partition coefficient (Wildman–Crippen LogP) is 3.61. The van der Waals surface area contributed by atoms with Gasteiger partial charge in [0.25, 0.3) is 0 Å². The van der Waals surface area contributed by atoms with Crippen molar-refractivity contribution in [3.05, 3.63) is 75.8 Å². The molecule has 1 aromatic carbocycles. The first-order chi connectivity index (χ1) is 11.9. The first kappa shape index (κ1) is 17.0. The molecule has 0 fully saturated rings. The van der Waals surface area contributed by atoms with Crippen LogP contribution in [-0.4, -0.2) is 21.6 Å². The summed E-state index contributed by atoms with van der Waals surface area (Å²) in [5, 5.41) is 18.5. The van der Waals surface area contributed by atoms with Crippen LogP contribution in [0.2, 0.25) is 0 Å². The minimum atomic E-state index is -0.701. The summed E-state index contributed by atoms with van der Waals surface area (Å²) in [5.41, 5.74) is 1.90. The summed E-state index contributed by atoms with van der Waals surface area (Å²) < 4.78 is 26.6. The molecule has 0 saturated heterocycles. The number of halogens is 2. The van der Waals surface area contributed by atoms with E-state index in [1.807, 2.05) is 0 Å². The molecule has 25 heavy (non-hydrogen) atoms. The molecule has 1 aromatic heterocycles. The van der Waals surface area contributed by atoms with Crippen molar-refractivity contribution in [2.45, 2.75) is 26.2 Å². The van der Waals surface area contributed by atoms with Crippen LogP contribution < -0.4 is 0 Å². The SMILES string of the molecule is Cc1ccc2c(n1)CC(=O)C(=C(O)CCc1ccc(F)cc1F)C2=N. The molecule has 0 saturated carbocycles. The third-order valence-electron chi connectivity index (χ3n) is 4.17. The maximum atomic E-state index is 13.7. The molecule has 0 amide bonds. The number of aromatic nitrogens is 1. The number of aliphatic hydroxyl groups excluding tert-OH is 1. The van der Waals surface area contributed by atoms with Crippen LogP contribution in [-0.2, 0) is 17.6 Å². The molecule has 3 rings (SSSR count). The molecular weight excluding hydrogens is 326 g/mol. The number of hydrogen-bond acceptors (Lipinski definition) is 4. The highest BCUT2D eigenvalue weighted by atomic mass is 19.1. The van der Waals surface area contributed by atoms with E-state index in [0.717, 1.165) is 17.8 Å². The zero-order valence-corrected chi connectivity index (χ0v) is 13.6. The van der Waals surface area contributed by atoms with Crippen LogP contribution in [0.25, 0.3) is 0 Å². The van der Waals surface area contributed by atoms with Crippen molar-refractivity contribution in [2.75, 3.05) is 0 Å². The van der Waals surface area contributed by atoms with Gasteiger partial charge in [0.1, 0.15) is 17.4 Å². The van der Waals surface area contributed by atoms with Gasteiger partial charge in [-0.1, -0.05) is 6.07 Å². The summed E-state index contributed by atoms with van der Waals surface area (Å²) >= 11 is 0. The summed E-state index contributed by atoms with van der Waals surface area (Å²) in [6, 6.07) is 6.67. The zero-order chi connectivity index (χ0) is 18.1. The molecule has 0 aliphatic heterocycles. The van der Waals surface area contributed by atoms with Crippen molar-refractivity contribution in [3.8, 4) is 0 Å². The molecule has 2 N–H and O–H groups in total. The maximum Gasteiger partial charge on any atom is 0.174 e. The van der Waals surface area contributed by atoms with E-state index < -0.39 is 11.6 Å². The standard InChI is InChI=1S/C19H16F2N2O2/c1-10-2-6-13-15(23-10)9-17(25)18(19(13)22)16(24)7-4-11-3-5-12(20)8-14(11)21/h2-3,5-6,8,22,24H,4,7,9H2,1H3. The van der Waals surface area contributed by atoms with Gasteiger partial charge in [-0.25, -0.2) is 8.78 Å². The topological polar surface area (TPSA) is 74.0 Å². The fraction of sp³-hybridized carbons (Fsp3) is 0.211. The molecule has 2 aromatic rings. The first-order valence-electron chi connectivity index (χ1n) is 7.82. The van der Waals surface area contributed by atoms with E-state index in [1.165, 1.54) is 6.07 Å². The number of ketones is 1. The lowest BCUT2D eigenvalue weighted by Gasteiger charge is -2.19. The normalized spacial score (nSPS) is 16.0. The van der Waals surface area contributed by atoms with Gasteiger partial charge in [0.15, 0.2) is 5.78 Å². The second-order valence-corrected chi connectivity index (χ2v) is 5.98. The molecule has 0 radical (unpaired) electrons. The number of allylic oxidation sites excluding steroid dienone is 2. The molecule has 0 atom stereocenters. The van der Waals surface area contributed by atoms with Crippen LogP contribution >= 0.6 is 0 Å². The lowest BCUT2D eigenvalue weighted by Crippen LogP contribution is -2.26. The van der Waals surface area contributed by atoms with Gasteiger partial charge >= 0.3 is 0 Å². The molecule has 6 heteroatoms. The van der Waals surface area contributed by atoms with Crippen molar-refractivity contribution in [1.82, 2.24) is 4.98 Å². The molecular formula is C19H16F2N2O2. The maximum absolute atomic E-state index is 13.7. The van der Waals surface area contributed by atoms with Gasteiger partial charge in [0.2, 0.25) is 0 Å². The Morgan fingerprint density at radius 2 is 2.04 bits per heavy atom. The van der Waals surface area contributed by atoms with Crippen LogP contribution in [0, 0.1) is 24.0 Å². The van der Waals surface area contributed by atoms with E-state index in [0.29, 0.717) is 11.3 Å². The molecule has 1 heterocycles. The second-order valence-electron chi connectivity index (χ2n) is 5.98. The van der Waals surface area contributed by atoms with Gasteiger partial charge in [0.05, 0.1) is 23.4 Å². The molecule has 4 nitrogen and oxygen atoms in total. The number of aliphatic hydroxyl groups is 1. The van der Waals surface area contributed by atoms with Gasteiger partial charge in [0, 0.05) is 23.7 Å². The first-order valence-corrected chi connectivity index (χ1v) is 7.82. The van der Waals surface area contributed by atoms with E-state index in [4.69, 9.17) is 5.41 Å². The molecule has 1 aliphatic rings.